The third-order valence-corrected chi connectivity index (χ3v) is 2.57. The number of aromatic carboxylic acids is 1. The van der Waals surface area contributed by atoms with Crippen molar-refractivity contribution < 1.29 is 24.5 Å². The number of likely N-dealkylation sites (N-methyl/N-ethyl adjacent to an activating group) is 1. The van der Waals surface area contributed by atoms with Crippen molar-refractivity contribution in [1.29, 1.82) is 0 Å². The van der Waals surface area contributed by atoms with Crippen LogP contribution in [0.4, 0.5) is 5.69 Å². The summed E-state index contributed by atoms with van der Waals surface area (Å²) in [6.07, 6.45) is 0. The summed E-state index contributed by atoms with van der Waals surface area (Å²) in [4.78, 5) is 24.4. The molecule has 0 heterocycles. The molecular weight excluding hydrogens is 250 g/mol. The van der Waals surface area contributed by atoms with E-state index in [0.29, 0.717) is 6.61 Å². The number of carbonyl (C=O) groups excluding carboxylic acids is 1. The van der Waals surface area contributed by atoms with E-state index in [1.165, 1.54) is 23.1 Å². The Kier molecular flexibility index (Phi) is 5.32. The van der Waals surface area contributed by atoms with Crippen LogP contribution in [-0.2, 0) is 9.53 Å². The molecule has 1 rings (SSSR count). The van der Waals surface area contributed by atoms with Gasteiger partial charge in [0, 0.05) is 13.2 Å². The number of benzene rings is 1. The van der Waals surface area contributed by atoms with Crippen LogP contribution in [0.15, 0.2) is 18.2 Å². The lowest BCUT2D eigenvalue weighted by molar-refractivity contribution is -0.122. The molecule has 0 aliphatic heterocycles. The Bertz CT molecular complexity index is 472. The van der Waals surface area contributed by atoms with Crippen molar-refractivity contribution in [3.05, 3.63) is 23.8 Å². The second-order valence-electron chi connectivity index (χ2n) is 3.75. The number of hydrogen-bond acceptors (Lipinski definition) is 4. The Morgan fingerprint density at radius 3 is 2.53 bits per heavy atom. The Hall–Kier alpha value is -2.08. The van der Waals surface area contributed by atoms with Gasteiger partial charge >= 0.3 is 5.97 Å². The summed E-state index contributed by atoms with van der Waals surface area (Å²) < 4.78 is 5.03. The molecule has 6 nitrogen and oxygen atoms in total. The van der Waals surface area contributed by atoms with Crippen molar-refractivity contribution >= 4 is 17.6 Å². The summed E-state index contributed by atoms with van der Waals surface area (Å²) in [7, 11) is 0. The fraction of sp³-hybridized carbons (Fsp3) is 0.385. The summed E-state index contributed by atoms with van der Waals surface area (Å²) >= 11 is 0. The van der Waals surface area contributed by atoms with E-state index >= 15 is 0 Å². The standard InChI is InChI=1S/C13H17NO5/c1-3-14(11(16)8-19-4-2)9-6-5-7-10(15)12(9)13(17)18/h5-7,15H,3-4,8H2,1-2H3,(H,17,18). The molecule has 0 saturated carbocycles. The van der Waals surface area contributed by atoms with Gasteiger partial charge in [-0.3, -0.25) is 4.79 Å². The van der Waals surface area contributed by atoms with Gasteiger partial charge in [-0.25, -0.2) is 4.79 Å². The van der Waals surface area contributed by atoms with Crippen LogP contribution in [0.25, 0.3) is 0 Å². The zero-order valence-electron chi connectivity index (χ0n) is 10.9. The van der Waals surface area contributed by atoms with Gasteiger partial charge in [0.2, 0.25) is 0 Å². The highest BCUT2D eigenvalue weighted by molar-refractivity contribution is 6.04. The predicted octanol–water partition coefficient (Wildman–Crippen LogP) is 1.48. The maximum atomic E-state index is 11.9. The monoisotopic (exact) mass is 267 g/mol. The predicted molar refractivity (Wildman–Crippen MR) is 69.6 cm³/mol. The number of carbonyl (C=O) groups is 2. The van der Waals surface area contributed by atoms with Crippen LogP contribution in [0.5, 0.6) is 5.75 Å². The molecule has 0 spiro atoms. The maximum absolute atomic E-state index is 11.9. The molecule has 1 aromatic carbocycles. The molecule has 0 unspecified atom stereocenters. The summed E-state index contributed by atoms with van der Waals surface area (Å²) in [5, 5.41) is 18.7. The molecule has 0 aliphatic rings. The molecule has 0 radical (unpaired) electrons. The quantitative estimate of drug-likeness (QED) is 0.815. The first-order chi connectivity index (χ1) is 9.02. The number of phenols is 1. The fourth-order valence-electron chi connectivity index (χ4n) is 1.72. The van der Waals surface area contributed by atoms with Gasteiger partial charge in [-0.15, -0.1) is 0 Å². The van der Waals surface area contributed by atoms with Crippen LogP contribution in [0.3, 0.4) is 0 Å². The lowest BCUT2D eigenvalue weighted by atomic mass is 10.1. The number of amides is 1. The highest BCUT2D eigenvalue weighted by atomic mass is 16.5. The number of aromatic hydroxyl groups is 1. The minimum absolute atomic E-state index is 0.126. The fourth-order valence-corrected chi connectivity index (χ4v) is 1.72. The van der Waals surface area contributed by atoms with Gasteiger partial charge in [0.05, 0.1) is 5.69 Å². The van der Waals surface area contributed by atoms with E-state index in [4.69, 9.17) is 9.84 Å². The van der Waals surface area contributed by atoms with Gasteiger partial charge in [0.15, 0.2) is 0 Å². The number of carboxylic acids is 1. The maximum Gasteiger partial charge on any atom is 0.341 e. The molecule has 0 aliphatic carbocycles. The largest absolute Gasteiger partial charge is 0.507 e. The van der Waals surface area contributed by atoms with Crippen LogP contribution in [-0.4, -0.2) is 41.8 Å². The first kappa shape index (κ1) is 15.0. The minimum atomic E-state index is -1.28. The molecule has 6 heteroatoms. The first-order valence-electron chi connectivity index (χ1n) is 5.96. The van der Waals surface area contributed by atoms with Crippen LogP contribution in [0, 0.1) is 0 Å². The smallest absolute Gasteiger partial charge is 0.341 e. The molecule has 0 bridgehead atoms. The van der Waals surface area contributed by atoms with Crippen molar-refractivity contribution in [2.24, 2.45) is 0 Å². The Morgan fingerprint density at radius 1 is 1.32 bits per heavy atom. The van der Waals surface area contributed by atoms with E-state index < -0.39 is 5.97 Å². The van der Waals surface area contributed by atoms with Gasteiger partial charge in [-0.05, 0) is 26.0 Å². The number of anilines is 1. The van der Waals surface area contributed by atoms with Crippen molar-refractivity contribution in [3.8, 4) is 5.75 Å². The minimum Gasteiger partial charge on any atom is -0.507 e. The van der Waals surface area contributed by atoms with Crippen LogP contribution < -0.4 is 4.90 Å². The van der Waals surface area contributed by atoms with Crippen LogP contribution in [0.1, 0.15) is 24.2 Å². The normalized spacial score (nSPS) is 10.2. The van der Waals surface area contributed by atoms with Gasteiger partial charge < -0.3 is 19.8 Å². The second-order valence-corrected chi connectivity index (χ2v) is 3.75. The lowest BCUT2D eigenvalue weighted by Crippen LogP contribution is -2.35. The Balaban J connectivity index is 3.15. The summed E-state index contributed by atoms with van der Waals surface area (Å²) in [6.45, 7) is 4.05. The van der Waals surface area contributed by atoms with Crippen molar-refractivity contribution in [2.75, 3.05) is 24.7 Å². The molecule has 104 valence electrons. The highest BCUT2D eigenvalue weighted by Crippen LogP contribution is 2.28. The molecule has 0 atom stereocenters. The van der Waals surface area contributed by atoms with Crippen molar-refractivity contribution in [3.63, 3.8) is 0 Å². The second kappa shape index (κ2) is 6.75. The van der Waals surface area contributed by atoms with Gasteiger partial charge in [0.25, 0.3) is 5.91 Å². The number of ether oxygens (including phenoxy) is 1. The van der Waals surface area contributed by atoms with E-state index in [2.05, 4.69) is 0 Å². The van der Waals surface area contributed by atoms with E-state index in [1.54, 1.807) is 13.8 Å². The van der Waals surface area contributed by atoms with E-state index in [0.717, 1.165) is 0 Å². The Morgan fingerprint density at radius 2 is 2.00 bits per heavy atom. The number of rotatable bonds is 6. The SMILES string of the molecule is CCOCC(=O)N(CC)c1cccc(O)c1C(=O)O. The third kappa shape index (κ3) is 3.45. The number of nitrogens with zero attached hydrogens (tertiary/aromatic N) is 1. The molecule has 1 amide bonds. The van der Waals surface area contributed by atoms with Crippen molar-refractivity contribution in [2.45, 2.75) is 13.8 Å². The average Bonchev–Trinajstić information content (AvgIpc) is 2.36. The summed E-state index contributed by atoms with van der Waals surface area (Å²) in [6, 6.07) is 4.25. The number of carboxylic acid groups (broad SMARTS) is 1. The molecular formula is C13H17NO5. The van der Waals surface area contributed by atoms with E-state index in [1.807, 2.05) is 0 Å². The number of hydrogen-bond donors (Lipinski definition) is 2. The molecule has 1 aromatic rings. The van der Waals surface area contributed by atoms with Crippen LogP contribution in [0.2, 0.25) is 0 Å². The van der Waals surface area contributed by atoms with Crippen LogP contribution >= 0.6 is 0 Å². The third-order valence-electron chi connectivity index (χ3n) is 2.57. The van der Waals surface area contributed by atoms with E-state index in [9.17, 15) is 14.7 Å². The first-order valence-corrected chi connectivity index (χ1v) is 5.96. The van der Waals surface area contributed by atoms with Gasteiger partial charge in [-0.1, -0.05) is 6.07 Å². The molecule has 0 saturated heterocycles. The molecule has 19 heavy (non-hydrogen) atoms. The summed E-state index contributed by atoms with van der Waals surface area (Å²) in [5.74, 6) is -2.00. The summed E-state index contributed by atoms with van der Waals surface area (Å²) in [5.41, 5.74) is -0.117. The zero-order chi connectivity index (χ0) is 14.4. The van der Waals surface area contributed by atoms with Gasteiger partial charge in [-0.2, -0.15) is 0 Å². The Labute approximate surface area is 111 Å². The zero-order valence-corrected chi connectivity index (χ0v) is 10.9. The lowest BCUT2D eigenvalue weighted by Gasteiger charge is -2.23. The van der Waals surface area contributed by atoms with E-state index in [-0.39, 0.29) is 36.1 Å². The molecule has 0 aromatic heterocycles. The van der Waals surface area contributed by atoms with Crippen molar-refractivity contribution in [1.82, 2.24) is 0 Å². The average molecular weight is 267 g/mol. The topological polar surface area (TPSA) is 87.1 Å². The molecule has 2 N–H and O–H groups in total. The van der Waals surface area contributed by atoms with Gasteiger partial charge in [0.1, 0.15) is 17.9 Å². The molecule has 0 fully saturated rings. The highest BCUT2D eigenvalue weighted by Gasteiger charge is 2.22.